The molecule has 0 fully saturated rings. The molecule has 0 aromatic carbocycles. The van der Waals surface area contributed by atoms with Gasteiger partial charge in [0.05, 0.1) is 6.04 Å². The van der Waals surface area contributed by atoms with Crippen molar-refractivity contribution in [1.29, 1.82) is 0 Å². The normalized spacial score (nSPS) is 22.9. The Morgan fingerprint density at radius 2 is 1.67 bits per heavy atom. The van der Waals surface area contributed by atoms with Crippen molar-refractivity contribution in [2.45, 2.75) is 84.6 Å². The highest BCUT2D eigenvalue weighted by molar-refractivity contribution is 5.63. The smallest absolute Gasteiger partial charge is 0.0548 e. The molecule has 0 aromatic heterocycles. The third-order valence-corrected chi connectivity index (χ3v) is 4.08. The summed E-state index contributed by atoms with van der Waals surface area (Å²) in [5.41, 5.74) is 0. The molecule has 2 atom stereocenters. The number of rotatable bonds is 10. The molecule has 0 bridgehead atoms. The van der Waals surface area contributed by atoms with E-state index in [0.29, 0.717) is 12.0 Å². The second-order valence-corrected chi connectivity index (χ2v) is 5.62. The Balaban J connectivity index is 2.18. The number of hydrogen-bond acceptors (Lipinski definition) is 2. The number of hydrazone groups is 1. The van der Waals surface area contributed by atoms with Crippen molar-refractivity contribution >= 4 is 6.21 Å². The number of hydrogen-bond donors (Lipinski definition) is 0. The van der Waals surface area contributed by atoms with Gasteiger partial charge in [0.2, 0.25) is 0 Å². The molecule has 0 radical (unpaired) electrons. The predicted octanol–water partition coefficient (Wildman–Crippen LogP) is 4.84. The van der Waals surface area contributed by atoms with E-state index in [0.717, 1.165) is 0 Å². The van der Waals surface area contributed by atoms with Crippen LogP contribution in [-0.2, 0) is 0 Å². The number of nitrogens with zero attached hydrogens (tertiary/aromatic N) is 2. The van der Waals surface area contributed by atoms with Crippen LogP contribution in [0.5, 0.6) is 0 Å². The van der Waals surface area contributed by atoms with Crippen molar-refractivity contribution in [2.75, 3.05) is 6.54 Å². The zero-order chi connectivity index (χ0) is 13.2. The van der Waals surface area contributed by atoms with Crippen LogP contribution in [0.3, 0.4) is 0 Å². The van der Waals surface area contributed by atoms with E-state index in [-0.39, 0.29) is 0 Å². The second-order valence-electron chi connectivity index (χ2n) is 5.62. The van der Waals surface area contributed by atoms with Gasteiger partial charge in [0.25, 0.3) is 0 Å². The Hall–Kier alpha value is -0.530. The van der Waals surface area contributed by atoms with Gasteiger partial charge in [-0.3, -0.25) is 5.01 Å². The molecule has 1 rings (SSSR count). The molecule has 1 heterocycles. The van der Waals surface area contributed by atoms with E-state index in [1.54, 1.807) is 0 Å². The van der Waals surface area contributed by atoms with Crippen molar-refractivity contribution in [2.24, 2.45) is 11.0 Å². The summed E-state index contributed by atoms with van der Waals surface area (Å²) in [6, 6.07) is 0.690. The first-order valence-electron chi connectivity index (χ1n) is 8.14. The van der Waals surface area contributed by atoms with E-state index in [9.17, 15) is 0 Å². The maximum absolute atomic E-state index is 4.63. The summed E-state index contributed by atoms with van der Waals surface area (Å²) in [5, 5.41) is 7.00. The van der Waals surface area contributed by atoms with Crippen LogP contribution in [0.2, 0.25) is 0 Å². The van der Waals surface area contributed by atoms with Crippen LogP contribution >= 0.6 is 0 Å². The Morgan fingerprint density at radius 1 is 0.944 bits per heavy atom. The molecule has 0 aromatic rings. The summed E-state index contributed by atoms with van der Waals surface area (Å²) < 4.78 is 0. The molecule has 0 saturated heterocycles. The summed E-state index contributed by atoms with van der Waals surface area (Å²) in [4.78, 5) is 0. The van der Waals surface area contributed by atoms with E-state index < -0.39 is 0 Å². The molecule has 0 spiro atoms. The lowest BCUT2D eigenvalue weighted by atomic mass is 9.95. The fraction of sp³-hybridized carbons (Fsp3) is 0.938. The Bertz CT molecular complexity index is 225. The van der Waals surface area contributed by atoms with Gasteiger partial charge in [-0.25, -0.2) is 0 Å². The van der Waals surface area contributed by atoms with Crippen LogP contribution in [-0.4, -0.2) is 23.8 Å². The minimum absolute atomic E-state index is 0.690. The molecule has 0 amide bonds. The van der Waals surface area contributed by atoms with Crippen LogP contribution in [0.1, 0.15) is 78.6 Å². The molecule has 106 valence electrons. The van der Waals surface area contributed by atoms with E-state index in [1.807, 2.05) is 0 Å². The highest BCUT2D eigenvalue weighted by Crippen LogP contribution is 2.24. The third kappa shape index (κ3) is 4.99. The summed E-state index contributed by atoms with van der Waals surface area (Å²) in [6.45, 7) is 8.02. The monoisotopic (exact) mass is 252 g/mol. The van der Waals surface area contributed by atoms with Gasteiger partial charge < -0.3 is 0 Å². The molecule has 2 unspecified atom stereocenters. The zero-order valence-corrected chi connectivity index (χ0v) is 12.7. The molecule has 0 aliphatic carbocycles. The van der Waals surface area contributed by atoms with Gasteiger partial charge in [0, 0.05) is 18.7 Å². The van der Waals surface area contributed by atoms with Crippen molar-refractivity contribution in [3.05, 3.63) is 0 Å². The first kappa shape index (κ1) is 15.5. The second kappa shape index (κ2) is 9.41. The molecule has 2 nitrogen and oxygen atoms in total. The Morgan fingerprint density at radius 3 is 2.33 bits per heavy atom. The maximum Gasteiger partial charge on any atom is 0.0548 e. The largest absolute Gasteiger partial charge is 0.294 e. The molecule has 2 heteroatoms. The van der Waals surface area contributed by atoms with Gasteiger partial charge in [-0.05, 0) is 19.3 Å². The lowest BCUT2D eigenvalue weighted by molar-refractivity contribution is 0.183. The standard InChI is InChI=1S/C16H32N2/c1-4-7-8-9-10-11-13-18-16(12-5-2)15(6-3)14-17-18/h14-16H,4-13H2,1-3H3. The van der Waals surface area contributed by atoms with Gasteiger partial charge in [0.15, 0.2) is 0 Å². The quantitative estimate of drug-likeness (QED) is 0.508. The molecular formula is C16H32N2. The summed E-state index contributed by atoms with van der Waals surface area (Å²) in [5.74, 6) is 0.699. The first-order valence-corrected chi connectivity index (χ1v) is 8.14. The molecule has 1 aliphatic heterocycles. The van der Waals surface area contributed by atoms with E-state index >= 15 is 0 Å². The van der Waals surface area contributed by atoms with Crippen LogP contribution in [0.25, 0.3) is 0 Å². The highest BCUT2D eigenvalue weighted by atomic mass is 15.5. The molecule has 0 saturated carbocycles. The summed E-state index contributed by atoms with van der Waals surface area (Å²) >= 11 is 0. The molecule has 18 heavy (non-hydrogen) atoms. The van der Waals surface area contributed by atoms with Gasteiger partial charge in [0.1, 0.15) is 0 Å². The number of unbranched alkanes of at least 4 members (excludes halogenated alkanes) is 5. The summed E-state index contributed by atoms with van der Waals surface area (Å²) in [6.07, 6.45) is 14.3. The fourth-order valence-corrected chi connectivity index (χ4v) is 2.89. The average molecular weight is 252 g/mol. The van der Waals surface area contributed by atoms with Gasteiger partial charge in [-0.15, -0.1) is 0 Å². The van der Waals surface area contributed by atoms with E-state index in [2.05, 4.69) is 37.1 Å². The molecular weight excluding hydrogens is 220 g/mol. The van der Waals surface area contributed by atoms with Crippen LogP contribution in [0.15, 0.2) is 5.10 Å². The average Bonchev–Trinajstić information content (AvgIpc) is 2.77. The Kier molecular flexibility index (Phi) is 8.11. The fourth-order valence-electron chi connectivity index (χ4n) is 2.89. The van der Waals surface area contributed by atoms with Crippen LogP contribution in [0, 0.1) is 5.92 Å². The minimum atomic E-state index is 0.690. The van der Waals surface area contributed by atoms with Crippen molar-refractivity contribution in [3.63, 3.8) is 0 Å². The van der Waals surface area contributed by atoms with Crippen molar-refractivity contribution < 1.29 is 0 Å². The van der Waals surface area contributed by atoms with Gasteiger partial charge >= 0.3 is 0 Å². The predicted molar refractivity (Wildman–Crippen MR) is 81.1 cm³/mol. The third-order valence-electron chi connectivity index (χ3n) is 4.08. The van der Waals surface area contributed by atoms with E-state index in [4.69, 9.17) is 0 Å². The lowest BCUT2D eigenvalue weighted by Crippen LogP contribution is -2.32. The minimum Gasteiger partial charge on any atom is -0.294 e. The molecule has 1 aliphatic rings. The first-order chi connectivity index (χ1) is 8.83. The lowest BCUT2D eigenvalue weighted by Gasteiger charge is -2.27. The van der Waals surface area contributed by atoms with Crippen molar-refractivity contribution in [3.8, 4) is 0 Å². The van der Waals surface area contributed by atoms with Gasteiger partial charge in [-0.1, -0.05) is 59.3 Å². The van der Waals surface area contributed by atoms with Crippen LogP contribution in [0.4, 0.5) is 0 Å². The van der Waals surface area contributed by atoms with Gasteiger partial charge in [-0.2, -0.15) is 5.10 Å². The highest BCUT2D eigenvalue weighted by Gasteiger charge is 2.27. The SMILES string of the molecule is CCCCCCCCN1N=CC(CC)C1CCC. The molecule has 0 N–H and O–H groups in total. The van der Waals surface area contributed by atoms with E-state index in [1.165, 1.54) is 64.3 Å². The maximum atomic E-state index is 4.63. The topological polar surface area (TPSA) is 15.6 Å². The van der Waals surface area contributed by atoms with Crippen molar-refractivity contribution in [1.82, 2.24) is 5.01 Å². The zero-order valence-electron chi connectivity index (χ0n) is 12.7. The summed E-state index contributed by atoms with van der Waals surface area (Å²) in [7, 11) is 0. The van der Waals surface area contributed by atoms with Crippen LogP contribution < -0.4 is 0 Å². The Labute approximate surface area is 114 Å².